The van der Waals surface area contributed by atoms with Gasteiger partial charge in [-0.05, 0) is 31.0 Å². The molecule has 0 aliphatic heterocycles. The topological polar surface area (TPSA) is 41.6 Å². The van der Waals surface area contributed by atoms with E-state index in [1.54, 1.807) is 0 Å². The first-order valence-corrected chi connectivity index (χ1v) is 6.66. The Morgan fingerprint density at radius 1 is 1.28 bits per heavy atom. The molecule has 1 saturated carbocycles. The summed E-state index contributed by atoms with van der Waals surface area (Å²) in [4.78, 5) is 4.76. The van der Waals surface area contributed by atoms with Gasteiger partial charge in [-0.2, -0.15) is 5.26 Å². The quantitative estimate of drug-likeness (QED) is 0.764. The number of nitrogens with zero attached hydrogens (tertiary/aromatic N) is 3. The number of hydrogen-bond donors (Lipinski definition) is 0. The van der Waals surface area contributed by atoms with Gasteiger partial charge in [-0.15, -0.1) is 0 Å². The van der Waals surface area contributed by atoms with Crippen LogP contribution in [0.1, 0.15) is 49.4 Å². The average molecular weight is 239 g/mol. The Balaban J connectivity index is 2.07. The first kappa shape index (κ1) is 11.3. The predicted molar refractivity (Wildman–Crippen MR) is 71.3 cm³/mol. The molecule has 1 aromatic carbocycles. The molecule has 2 aromatic rings. The Hall–Kier alpha value is -1.82. The summed E-state index contributed by atoms with van der Waals surface area (Å²) in [5, 5.41) is 8.94. The maximum absolute atomic E-state index is 8.94. The Labute approximate surface area is 107 Å². The lowest BCUT2D eigenvalue weighted by atomic mass is 9.89. The Morgan fingerprint density at radius 3 is 2.78 bits per heavy atom. The van der Waals surface area contributed by atoms with Crippen molar-refractivity contribution in [1.82, 2.24) is 9.55 Å². The molecule has 3 heteroatoms. The largest absolute Gasteiger partial charge is 0.331 e. The summed E-state index contributed by atoms with van der Waals surface area (Å²) in [6.07, 6.45) is 6.50. The number of aryl methyl sites for hydroxylation is 1. The van der Waals surface area contributed by atoms with Crippen LogP contribution in [0.15, 0.2) is 18.2 Å². The van der Waals surface area contributed by atoms with E-state index in [0.717, 1.165) is 11.0 Å². The molecule has 0 amide bonds. The third-order valence-electron chi connectivity index (χ3n) is 4.01. The zero-order chi connectivity index (χ0) is 12.5. The fourth-order valence-electron chi connectivity index (χ4n) is 3.01. The lowest BCUT2D eigenvalue weighted by Crippen LogP contribution is -2.09. The van der Waals surface area contributed by atoms with Crippen LogP contribution in [0.2, 0.25) is 0 Å². The molecule has 0 unspecified atom stereocenters. The molecular formula is C15H17N3. The monoisotopic (exact) mass is 239 g/mol. The number of benzene rings is 1. The Kier molecular flexibility index (Phi) is 2.79. The molecule has 0 saturated heterocycles. The zero-order valence-corrected chi connectivity index (χ0v) is 10.7. The van der Waals surface area contributed by atoms with Gasteiger partial charge in [0, 0.05) is 13.0 Å². The summed E-state index contributed by atoms with van der Waals surface area (Å²) in [5.74, 6) is 1.79. The van der Waals surface area contributed by atoms with E-state index in [4.69, 9.17) is 10.2 Å². The second kappa shape index (κ2) is 4.45. The van der Waals surface area contributed by atoms with Gasteiger partial charge in [-0.25, -0.2) is 4.98 Å². The van der Waals surface area contributed by atoms with E-state index in [2.05, 4.69) is 17.7 Å². The van der Waals surface area contributed by atoms with Crippen molar-refractivity contribution < 1.29 is 0 Å². The van der Waals surface area contributed by atoms with Gasteiger partial charge in [-0.1, -0.05) is 19.3 Å². The van der Waals surface area contributed by atoms with Gasteiger partial charge in [0.2, 0.25) is 0 Å². The van der Waals surface area contributed by atoms with Crippen LogP contribution >= 0.6 is 0 Å². The molecule has 18 heavy (non-hydrogen) atoms. The molecule has 92 valence electrons. The zero-order valence-electron chi connectivity index (χ0n) is 10.7. The van der Waals surface area contributed by atoms with Crippen molar-refractivity contribution >= 4 is 11.0 Å². The number of rotatable bonds is 1. The van der Waals surface area contributed by atoms with Crippen molar-refractivity contribution in [1.29, 1.82) is 5.26 Å². The minimum atomic E-state index is 0.599. The standard InChI is InChI=1S/C15H17N3/c1-18-14-8-7-11(10-16)9-13(14)17-15(18)12-5-3-2-4-6-12/h7-9,12H,2-6H2,1H3. The van der Waals surface area contributed by atoms with Crippen molar-refractivity contribution in [2.75, 3.05) is 0 Å². The van der Waals surface area contributed by atoms with Crippen LogP contribution < -0.4 is 0 Å². The van der Waals surface area contributed by atoms with Gasteiger partial charge in [-0.3, -0.25) is 0 Å². The summed E-state index contributed by atoms with van der Waals surface area (Å²) in [6, 6.07) is 7.95. The second-order valence-electron chi connectivity index (χ2n) is 5.18. The van der Waals surface area contributed by atoms with E-state index in [0.29, 0.717) is 11.5 Å². The molecule has 1 aliphatic rings. The molecule has 0 spiro atoms. The third kappa shape index (κ3) is 1.78. The highest BCUT2D eigenvalue weighted by Gasteiger charge is 2.21. The summed E-state index contributed by atoms with van der Waals surface area (Å²) < 4.78 is 2.20. The maximum atomic E-state index is 8.94. The molecular weight excluding hydrogens is 222 g/mol. The van der Waals surface area contributed by atoms with E-state index in [1.807, 2.05) is 18.2 Å². The van der Waals surface area contributed by atoms with Gasteiger partial charge < -0.3 is 4.57 Å². The van der Waals surface area contributed by atoms with Crippen LogP contribution in [0.5, 0.6) is 0 Å². The minimum absolute atomic E-state index is 0.599. The third-order valence-corrected chi connectivity index (χ3v) is 4.01. The molecule has 3 nitrogen and oxygen atoms in total. The summed E-state index contributed by atoms with van der Waals surface area (Å²) in [5.41, 5.74) is 2.78. The predicted octanol–water partition coefficient (Wildman–Crippen LogP) is 3.49. The van der Waals surface area contributed by atoms with Gasteiger partial charge >= 0.3 is 0 Å². The molecule has 3 rings (SSSR count). The van der Waals surface area contributed by atoms with Crippen LogP contribution in [-0.4, -0.2) is 9.55 Å². The number of fused-ring (bicyclic) bond motifs is 1. The highest BCUT2D eigenvalue weighted by molar-refractivity contribution is 5.77. The van der Waals surface area contributed by atoms with E-state index in [1.165, 1.54) is 37.9 Å². The van der Waals surface area contributed by atoms with E-state index in [9.17, 15) is 0 Å². The van der Waals surface area contributed by atoms with Gasteiger partial charge in [0.25, 0.3) is 0 Å². The molecule has 1 aliphatic carbocycles. The summed E-state index contributed by atoms with van der Waals surface area (Å²) >= 11 is 0. The van der Waals surface area contributed by atoms with Crippen LogP contribution in [0.4, 0.5) is 0 Å². The first-order chi connectivity index (χ1) is 8.79. The SMILES string of the molecule is Cn1c(C2CCCCC2)nc2cc(C#N)ccc21. The first-order valence-electron chi connectivity index (χ1n) is 6.66. The molecule has 1 heterocycles. The smallest absolute Gasteiger partial charge is 0.112 e. The average Bonchev–Trinajstić information content (AvgIpc) is 2.76. The van der Waals surface area contributed by atoms with Crippen molar-refractivity contribution in [3.8, 4) is 6.07 Å². The molecule has 1 aromatic heterocycles. The van der Waals surface area contributed by atoms with Crippen LogP contribution in [-0.2, 0) is 7.05 Å². The summed E-state index contributed by atoms with van der Waals surface area (Å²) in [7, 11) is 2.09. The van der Waals surface area contributed by atoms with Crippen LogP contribution in [0.3, 0.4) is 0 Å². The van der Waals surface area contributed by atoms with Gasteiger partial charge in [0.05, 0.1) is 22.7 Å². The number of aromatic nitrogens is 2. The Morgan fingerprint density at radius 2 is 2.06 bits per heavy atom. The van der Waals surface area contributed by atoms with Crippen molar-refractivity contribution in [3.05, 3.63) is 29.6 Å². The molecule has 1 fully saturated rings. The van der Waals surface area contributed by atoms with E-state index in [-0.39, 0.29) is 0 Å². The molecule has 0 bridgehead atoms. The summed E-state index contributed by atoms with van der Waals surface area (Å²) in [6.45, 7) is 0. The number of imidazole rings is 1. The molecule has 0 N–H and O–H groups in total. The highest BCUT2D eigenvalue weighted by Crippen LogP contribution is 2.33. The normalized spacial score (nSPS) is 16.9. The fraction of sp³-hybridized carbons (Fsp3) is 0.467. The number of nitriles is 1. The Bertz CT molecular complexity index is 612. The van der Waals surface area contributed by atoms with Gasteiger partial charge in [0.15, 0.2) is 0 Å². The van der Waals surface area contributed by atoms with Crippen molar-refractivity contribution in [2.45, 2.75) is 38.0 Å². The van der Waals surface area contributed by atoms with Gasteiger partial charge in [0.1, 0.15) is 5.82 Å². The maximum Gasteiger partial charge on any atom is 0.112 e. The lowest BCUT2D eigenvalue weighted by molar-refractivity contribution is 0.423. The number of hydrogen-bond acceptors (Lipinski definition) is 2. The van der Waals surface area contributed by atoms with Crippen molar-refractivity contribution in [2.24, 2.45) is 7.05 Å². The second-order valence-corrected chi connectivity index (χ2v) is 5.18. The lowest BCUT2D eigenvalue weighted by Gasteiger charge is -2.20. The fourth-order valence-corrected chi connectivity index (χ4v) is 3.01. The van der Waals surface area contributed by atoms with E-state index >= 15 is 0 Å². The van der Waals surface area contributed by atoms with Crippen LogP contribution in [0, 0.1) is 11.3 Å². The highest BCUT2D eigenvalue weighted by atomic mass is 15.1. The van der Waals surface area contributed by atoms with Crippen LogP contribution in [0.25, 0.3) is 11.0 Å². The minimum Gasteiger partial charge on any atom is -0.331 e. The van der Waals surface area contributed by atoms with E-state index < -0.39 is 0 Å². The molecule has 0 radical (unpaired) electrons. The molecule has 0 atom stereocenters. The van der Waals surface area contributed by atoms with Crippen molar-refractivity contribution in [3.63, 3.8) is 0 Å².